The summed E-state index contributed by atoms with van der Waals surface area (Å²) in [7, 11) is -3.56. The second-order valence-corrected chi connectivity index (χ2v) is 8.12. The van der Waals surface area contributed by atoms with E-state index in [0.29, 0.717) is 0 Å². The van der Waals surface area contributed by atoms with Gasteiger partial charge in [0.15, 0.2) is 0 Å². The van der Waals surface area contributed by atoms with Gasteiger partial charge in [-0.25, -0.2) is 0 Å². The fourth-order valence-electron chi connectivity index (χ4n) is 1.54. The molecule has 0 fully saturated rings. The molecule has 0 saturated heterocycles. The van der Waals surface area contributed by atoms with Gasteiger partial charge in [0.25, 0.3) is 8.56 Å². The standard InChI is InChI=1S/C9H14F11N3Si/c1-4(2-3-24(21,22)23)5(10,11)6(12,13)7(14,15)8(16,17)9(18,19)20/h4H,2-3,21-23H2,1H3. The minimum Gasteiger partial charge on any atom is -0.327 e. The highest BCUT2D eigenvalue weighted by Gasteiger charge is 2.87. The molecule has 0 aromatic heterocycles. The van der Waals surface area contributed by atoms with E-state index in [4.69, 9.17) is 16.2 Å². The van der Waals surface area contributed by atoms with Gasteiger partial charge in [0.2, 0.25) is 0 Å². The maximum Gasteiger partial charge on any atom is 0.460 e. The zero-order valence-electron chi connectivity index (χ0n) is 11.9. The molecule has 0 aliphatic carbocycles. The zero-order chi connectivity index (χ0) is 20.0. The highest BCUT2D eigenvalue weighted by Crippen LogP contribution is 2.59. The lowest BCUT2D eigenvalue weighted by Gasteiger charge is -2.39. The Kier molecular flexibility index (Phi) is 6.07. The van der Waals surface area contributed by atoms with Crippen LogP contribution < -0.4 is 16.2 Å². The molecular weight excluding hydrogens is 387 g/mol. The highest BCUT2D eigenvalue weighted by molar-refractivity contribution is 6.70. The molecule has 1 atom stereocenters. The molecule has 0 aliphatic rings. The first-order chi connectivity index (χ1) is 10.1. The van der Waals surface area contributed by atoms with Crippen molar-refractivity contribution in [3.05, 3.63) is 0 Å². The molecule has 0 rings (SSSR count). The Morgan fingerprint density at radius 1 is 0.708 bits per heavy atom. The first-order valence-electron chi connectivity index (χ1n) is 6.07. The van der Waals surface area contributed by atoms with E-state index in [9.17, 15) is 48.3 Å². The van der Waals surface area contributed by atoms with Crippen LogP contribution in [0.1, 0.15) is 13.3 Å². The van der Waals surface area contributed by atoms with Crippen LogP contribution in [0.5, 0.6) is 0 Å². The summed E-state index contributed by atoms with van der Waals surface area (Å²) in [5.74, 6) is -30.5. The second-order valence-electron chi connectivity index (χ2n) is 5.40. The van der Waals surface area contributed by atoms with Crippen LogP contribution in [-0.2, 0) is 0 Å². The Bertz CT molecular complexity index is 443. The number of nitrogens with two attached hydrogens (primary N) is 3. The average Bonchev–Trinajstić information content (AvgIpc) is 2.32. The van der Waals surface area contributed by atoms with E-state index in [0.717, 1.165) is 0 Å². The molecule has 0 radical (unpaired) electrons. The summed E-state index contributed by atoms with van der Waals surface area (Å²) in [6, 6.07) is -0.693. The fraction of sp³-hybridized carbons (Fsp3) is 1.00. The van der Waals surface area contributed by atoms with Gasteiger partial charge in [-0.15, -0.1) is 0 Å². The van der Waals surface area contributed by atoms with Gasteiger partial charge in [0.1, 0.15) is 0 Å². The SMILES string of the molecule is CC(CC[Si](N)(N)N)C(F)(F)C(F)(F)C(F)(F)C(F)(F)C(F)(F)F. The number of rotatable bonds is 7. The predicted molar refractivity (Wildman–Crippen MR) is 62.7 cm³/mol. The molecule has 0 amide bonds. The monoisotopic (exact) mass is 401 g/mol. The van der Waals surface area contributed by atoms with Gasteiger partial charge in [0, 0.05) is 5.92 Å². The summed E-state index contributed by atoms with van der Waals surface area (Å²) in [6.07, 6.45) is -8.26. The van der Waals surface area contributed by atoms with Crippen molar-refractivity contribution < 1.29 is 48.3 Å². The maximum atomic E-state index is 13.5. The molecule has 1 unspecified atom stereocenters. The van der Waals surface area contributed by atoms with E-state index in [1.165, 1.54) is 0 Å². The van der Waals surface area contributed by atoms with E-state index < -0.39 is 56.8 Å². The van der Waals surface area contributed by atoms with Gasteiger partial charge in [-0.3, -0.25) is 0 Å². The normalized spacial score (nSPS) is 17.1. The smallest absolute Gasteiger partial charge is 0.327 e. The maximum absolute atomic E-state index is 13.5. The fourth-order valence-corrected chi connectivity index (χ4v) is 2.47. The van der Waals surface area contributed by atoms with Gasteiger partial charge in [-0.2, -0.15) is 48.3 Å². The summed E-state index contributed by atoms with van der Waals surface area (Å²) in [5, 5.41) is 15.3. The average molecular weight is 401 g/mol. The van der Waals surface area contributed by atoms with E-state index in [1.807, 2.05) is 0 Å². The van der Waals surface area contributed by atoms with Crippen molar-refractivity contribution in [3.63, 3.8) is 0 Å². The van der Waals surface area contributed by atoms with Crippen LogP contribution >= 0.6 is 0 Å². The number of halogens is 11. The van der Waals surface area contributed by atoms with Crippen LogP contribution in [0.2, 0.25) is 6.04 Å². The summed E-state index contributed by atoms with van der Waals surface area (Å²) < 4.78 is 141. The van der Waals surface area contributed by atoms with E-state index in [1.54, 1.807) is 0 Å². The molecule has 15 heteroatoms. The number of alkyl halides is 11. The molecule has 6 N–H and O–H groups in total. The van der Waals surface area contributed by atoms with Crippen molar-refractivity contribution in [3.8, 4) is 0 Å². The zero-order valence-corrected chi connectivity index (χ0v) is 12.9. The van der Waals surface area contributed by atoms with Gasteiger partial charge in [-0.05, 0) is 12.5 Å². The van der Waals surface area contributed by atoms with Crippen LogP contribution in [0.25, 0.3) is 0 Å². The van der Waals surface area contributed by atoms with Crippen molar-refractivity contribution in [2.45, 2.75) is 49.3 Å². The third-order valence-corrected chi connectivity index (χ3v) is 4.35. The van der Waals surface area contributed by atoms with Gasteiger partial charge in [0.05, 0.1) is 0 Å². The lowest BCUT2D eigenvalue weighted by Crippen LogP contribution is -2.68. The third-order valence-electron chi connectivity index (χ3n) is 3.19. The van der Waals surface area contributed by atoms with Crippen molar-refractivity contribution in [2.75, 3.05) is 0 Å². The van der Waals surface area contributed by atoms with Crippen LogP contribution in [0.3, 0.4) is 0 Å². The summed E-state index contributed by atoms with van der Waals surface area (Å²) >= 11 is 0. The summed E-state index contributed by atoms with van der Waals surface area (Å²) in [6.45, 7) is 0.246. The van der Waals surface area contributed by atoms with Crippen molar-refractivity contribution >= 4 is 8.56 Å². The lowest BCUT2D eigenvalue weighted by atomic mass is 9.89. The minimum absolute atomic E-state index is 0.246. The molecule has 146 valence electrons. The van der Waals surface area contributed by atoms with Crippen molar-refractivity contribution in [1.29, 1.82) is 0 Å². The quantitative estimate of drug-likeness (QED) is 0.454. The van der Waals surface area contributed by atoms with Crippen LogP contribution in [0.4, 0.5) is 48.3 Å². The Balaban J connectivity index is 5.76. The number of hydrogen-bond donors (Lipinski definition) is 3. The van der Waals surface area contributed by atoms with Crippen molar-refractivity contribution in [1.82, 2.24) is 0 Å². The predicted octanol–water partition coefficient (Wildman–Crippen LogP) is 2.93. The highest BCUT2D eigenvalue weighted by atomic mass is 28.4. The lowest BCUT2D eigenvalue weighted by molar-refractivity contribution is -0.426. The summed E-state index contributed by atoms with van der Waals surface area (Å²) in [5.41, 5.74) is 0. The Labute approximate surface area is 129 Å². The molecule has 0 heterocycles. The molecule has 3 nitrogen and oxygen atoms in total. The molecule has 0 saturated carbocycles. The Morgan fingerprint density at radius 2 is 1.08 bits per heavy atom. The van der Waals surface area contributed by atoms with Gasteiger partial charge in [-0.1, -0.05) is 6.92 Å². The molecule has 0 aromatic rings. The van der Waals surface area contributed by atoms with Crippen LogP contribution in [-0.4, -0.2) is 38.4 Å². The number of hydrogen-bond acceptors (Lipinski definition) is 3. The van der Waals surface area contributed by atoms with Crippen molar-refractivity contribution in [2.24, 2.45) is 22.1 Å². The third kappa shape index (κ3) is 3.93. The molecule has 0 aliphatic heterocycles. The van der Waals surface area contributed by atoms with E-state index in [-0.39, 0.29) is 6.92 Å². The Morgan fingerprint density at radius 3 is 1.38 bits per heavy atom. The van der Waals surface area contributed by atoms with E-state index >= 15 is 0 Å². The first-order valence-corrected chi connectivity index (χ1v) is 8.51. The summed E-state index contributed by atoms with van der Waals surface area (Å²) in [4.78, 5) is 0. The van der Waals surface area contributed by atoms with Gasteiger partial charge >= 0.3 is 29.9 Å². The van der Waals surface area contributed by atoms with Crippen LogP contribution in [0, 0.1) is 5.92 Å². The molecular formula is C9H14F11N3Si. The molecule has 0 aromatic carbocycles. The van der Waals surface area contributed by atoms with Crippen LogP contribution in [0.15, 0.2) is 0 Å². The van der Waals surface area contributed by atoms with Gasteiger partial charge < -0.3 is 16.2 Å². The molecule has 0 bridgehead atoms. The topological polar surface area (TPSA) is 78.1 Å². The molecule has 24 heavy (non-hydrogen) atoms. The second kappa shape index (κ2) is 6.24. The first kappa shape index (κ1) is 23.3. The Hall–Kier alpha value is -0.673. The minimum atomic E-state index is -7.40. The largest absolute Gasteiger partial charge is 0.460 e. The van der Waals surface area contributed by atoms with E-state index in [2.05, 4.69) is 0 Å². The molecule has 0 spiro atoms.